The van der Waals surface area contributed by atoms with Gasteiger partial charge in [0.15, 0.2) is 0 Å². The lowest BCUT2D eigenvalue weighted by Gasteiger charge is -2.23. The Bertz CT molecular complexity index is 391. The van der Waals surface area contributed by atoms with Crippen LogP contribution in [0.25, 0.3) is 0 Å². The largest absolute Gasteiger partial charge is 0.377 e. The molecule has 0 spiro atoms. The van der Waals surface area contributed by atoms with Crippen molar-refractivity contribution in [1.29, 1.82) is 0 Å². The first-order chi connectivity index (χ1) is 8.82. The summed E-state index contributed by atoms with van der Waals surface area (Å²) in [7, 11) is -3.40. The Labute approximate surface area is 115 Å². The minimum Gasteiger partial charge on any atom is -0.377 e. The van der Waals surface area contributed by atoms with E-state index in [-0.39, 0.29) is 31.1 Å². The van der Waals surface area contributed by atoms with Gasteiger partial charge in [-0.15, -0.1) is 0 Å². The van der Waals surface area contributed by atoms with Crippen molar-refractivity contribution in [1.82, 2.24) is 9.62 Å². The van der Waals surface area contributed by atoms with Gasteiger partial charge in [0.2, 0.25) is 15.9 Å². The topological polar surface area (TPSA) is 75.7 Å². The first-order valence-corrected chi connectivity index (χ1v) is 8.53. The van der Waals surface area contributed by atoms with E-state index in [0.29, 0.717) is 6.61 Å². The van der Waals surface area contributed by atoms with Gasteiger partial charge in [-0.2, -0.15) is 4.31 Å². The highest BCUT2D eigenvalue weighted by Crippen LogP contribution is 2.14. The van der Waals surface area contributed by atoms with E-state index < -0.39 is 10.0 Å². The third-order valence-electron chi connectivity index (χ3n) is 3.24. The Kier molecular flexibility index (Phi) is 6.22. The maximum atomic E-state index is 11.8. The molecule has 1 fully saturated rings. The van der Waals surface area contributed by atoms with E-state index in [1.807, 2.05) is 13.8 Å². The van der Waals surface area contributed by atoms with Gasteiger partial charge >= 0.3 is 0 Å². The van der Waals surface area contributed by atoms with Gasteiger partial charge in [0.1, 0.15) is 0 Å². The van der Waals surface area contributed by atoms with E-state index in [4.69, 9.17) is 4.74 Å². The van der Waals surface area contributed by atoms with E-state index in [1.54, 1.807) is 0 Å². The Morgan fingerprint density at radius 3 is 2.68 bits per heavy atom. The summed E-state index contributed by atoms with van der Waals surface area (Å²) in [6.45, 7) is 4.64. The van der Waals surface area contributed by atoms with Crippen LogP contribution in [0, 0.1) is 0 Å². The summed E-state index contributed by atoms with van der Waals surface area (Å²) in [5, 5.41) is 2.77. The SMILES string of the molecule is CCC(C)NC(=O)CN(CC1CCCO1)S(C)(=O)=O. The molecule has 0 bridgehead atoms. The zero-order valence-corrected chi connectivity index (χ0v) is 12.7. The van der Waals surface area contributed by atoms with Gasteiger partial charge in [0.05, 0.1) is 18.9 Å². The summed E-state index contributed by atoms with van der Waals surface area (Å²) in [6, 6.07) is 0.0524. The van der Waals surface area contributed by atoms with E-state index in [2.05, 4.69) is 5.32 Å². The molecule has 1 rings (SSSR count). The van der Waals surface area contributed by atoms with Gasteiger partial charge in [0.25, 0.3) is 0 Å². The minimum absolute atomic E-state index is 0.0524. The predicted octanol–water partition coefficient (Wildman–Crippen LogP) is 0.342. The van der Waals surface area contributed by atoms with Crippen LogP contribution >= 0.6 is 0 Å². The van der Waals surface area contributed by atoms with Gasteiger partial charge in [-0.1, -0.05) is 6.92 Å². The fourth-order valence-electron chi connectivity index (χ4n) is 1.92. The third kappa shape index (κ3) is 5.88. The summed E-state index contributed by atoms with van der Waals surface area (Å²) in [5.74, 6) is -0.266. The summed E-state index contributed by atoms with van der Waals surface area (Å²) in [5.41, 5.74) is 0. The number of hydrogen-bond donors (Lipinski definition) is 1. The monoisotopic (exact) mass is 292 g/mol. The number of ether oxygens (including phenoxy) is 1. The smallest absolute Gasteiger partial charge is 0.235 e. The van der Waals surface area contributed by atoms with Crippen molar-refractivity contribution in [2.75, 3.05) is 26.0 Å². The second-order valence-electron chi connectivity index (χ2n) is 5.07. The standard InChI is InChI=1S/C12H24N2O4S/c1-4-10(2)13-12(15)9-14(19(3,16)17)8-11-6-5-7-18-11/h10-11H,4-9H2,1-3H3,(H,13,15). The molecular weight excluding hydrogens is 268 g/mol. The van der Waals surface area contributed by atoms with Gasteiger partial charge in [0, 0.05) is 19.2 Å². The van der Waals surface area contributed by atoms with Crippen LogP contribution in [0.4, 0.5) is 0 Å². The average Bonchev–Trinajstić information content (AvgIpc) is 2.79. The zero-order chi connectivity index (χ0) is 14.5. The van der Waals surface area contributed by atoms with Crippen molar-refractivity contribution in [2.24, 2.45) is 0 Å². The molecule has 1 N–H and O–H groups in total. The van der Waals surface area contributed by atoms with Crippen molar-refractivity contribution >= 4 is 15.9 Å². The Hall–Kier alpha value is -0.660. The molecular formula is C12H24N2O4S. The van der Waals surface area contributed by atoms with Gasteiger partial charge in [-0.25, -0.2) is 8.42 Å². The first-order valence-electron chi connectivity index (χ1n) is 6.69. The van der Waals surface area contributed by atoms with Crippen molar-refractivity contribution in [3.63, 3.8) is 0 Å². The second kappa shape index (κ2) is 7.21. The zero-order valence-electron chi connectivity index (χ0n) is 11.9. The molecule has 0 aromatic rings. The normalized spacial score (nSPS) is 21.6. The molecule has 7 heteroatoms. The molecule has 2 atom stereocenters. The van der Waals surface area contributed by atoms with Gasteiger partial charge in [-0.3, -0.25) is 4.79 Å². The molecule has 0 aromatic carbocycles. The number of sulfonamides is 1. The fourth-order valence-corrected chi connectivity index (χ4v) is 2.70. The maximum Gasteiger partial charge on any atom is 0.235 e. The summed E-state index contributed by atoms with van der Waals surface area (Å²) in [4.78, 5) is 11.8. The first kappa shape index (κ1) is 16.4. The molecule has 19 heavy (non-hydrogen) atoms. The summed E-state index contributed by atoms with van der Waals surface area (Å²) >= 11 is 0. The Balaban J connectivity index is 2.57. The Morgan fingerprint density at radius 1 is 1.53 bits per heavy atom. The van der Waals surface area contributed by atoms with Crippen LogP contribution in [-0.2, 0) is 19.6 Å². The van der Waals surface area contributed by atoms with E-state index in [0.717, 1.165) is 25.5 Å². The number of amides is 1. The van der Waals surface area contributed by atoms with Crippen molar-refractivity contribution < 1.29 is 17.9 Å². The van der Waals surface area contributed by atoms with Crippen LogP contribution < -0.4 is 5.32 Å². The van der Waals surface area contributed by atoms with Gasteiger partial charge in [-0.05, 0) is 26.2 Å². The lowest BCUT2D eigenvalue weighted by molar-refractivity contribution is -0.122. The molecule has 1 aliphatic heterocycles. The van der Waals surface area contributed by atoms with Crippen LogP contribution in [0.15, 0.2) is 0 Å². The molecule has 112 valence electrons. The lowest BCUT2D eigenvalue weighted by Crippen LogP contribution is -2.45. The van der Waals surface area contributed by atoms with Crippen molar-refractivity contribution in [3.8, 4) is 0 Å². The molecule has 6 nitrogen and oxygen atoms in total. The van der Waals surface area contributed by atoms with Crippen molar-refractivity contribution in [3.05, 3.63) is 0 Å². The maximum absolute atomic E-state index is 11.8. The molecule has 1 aliphatic rings. The van der Waals surface area contributed by atoms with E-state index in [1.165, 1.54) is 4.31 Å². The molecule has 2 unspecified atom stereocenters. The molecule has 0 radical (unpaired) electrons. The summed E-state index contributed by atoms with van der Waals surface area (Å²) in [6.07, 6.45) is 3.64. The molecule has 1 amide bonds. The number of rotatable bonds is 7. The number of hydrogen-bond acceptors (Lipinski definition) is 4. The molecule has 1 saturated heterocycles. The third-order valence-corrected chi connectivity index (χ3v) is 4.46. The molecule has 1 heterocycles. The van der Waals surface area contributed by atoms with Crippen LogP contribution in [0.2, 0.25) is 0 Å². The summed E-state index contributed by atoms with van der Waals surface area (Å²) < 4.78 is 30.0. The fraction of sp³-hybridized carbons (Fsp3) is 0.917. The molecule has 0 saturated carbocycles. The number of nitrogens with one attached hydrogen (secondary N) is 1. The van der Waals surface area contributed by atoms with Crippen LogP contribution in [0.3, 0.4) is 0 Å². The van der Waals surface area contributed by atoms with E-state index >= 15 is 0 Å². The number of carbonyl (C=O) groups is 1. The van der Waals surface area contributed by atoms with E-state index in [9.17, 15) is 13.2 Å². The number of nitrogens with zero attached hydrogens (tertiary/aromatic N) is 1. The highest BCUT2D eigenvalue weighted by atomic mass is 32.2. The minimum atomic E-state index is -3.40. The highest BCUT2D eigenvalue weighted by Gasteiger charge is 2.26. The molecule has 0 aliphatic carbocycles. The van der Waals surface area contributed by atoms with Crippen molar-refractivity contribution in [2.45, 2.75) is 45.3 Å². The van der Waals surface area contributed by atoms with Crippen LogP contribution in [0.5, 0.6) is 0 Å². The van der Waals surface area contributed by atoms with Crippen LogP contribution in [-0.4, -0.2) is 56.7 Å². The predicted molar refractivity (Wildman–Crippen MR) is 73.3 cm³/mol. The van der Waals surface area contributed by atoms with Crippen LogP contribution in [0.1, 0.15) is 33.1 Å². The number of carbonyl (C=O) groups excluding carboxylic acids is 1. The average molecular weight is 292 g/mol. The van der Waals surface area contributed by atoms with Gasteiger partial charge < -0.3 is 10.1 Å². The highest BCUT2D eigenvalue weighted by molar-refractivity contribution is 7.88. The molecule has 0 aromatic heterocycles. The second-order valence-corrected chi connectivity index (χ2v) is 7.05. The lowest BCUT2D eigenvalue weighted by atomic mass is 10.2. The Morgan fingerprint density at radius 2 is 2.21 bits per heavy atom. The quantitative estimate of drug-likeness (QED) is 0.734.